The molecular formula is C9H15NO2. The average molecular weight is 169 g/mol. The summed E-state index contributed by atoms with van der Waals surface area (Å²) in [6, 6.07) is 0. The highest BCUT2D eigenvalue weighted by molar-refractivity contribution is 5.80. The predicted molar refractivity (Wildman–Crippen MR) is 44.2 cm³/mol. The third-order valence-electron chi connectivity index (χ3n) is 2.76. The molecule has 1 saturated carbocycles. The van der Waals surface area contributed by atoms with Crippen LogP contribution in [0.1, 0.15) is 26.2 Å². The van der Waals surface area contributed by atoms with E-state index in [0.29, 0.717) is 5.92 Å². The molecule has 0 aromatic carbocycles. The predicted octanol–water partition coefficient (Wildman–Crippen LogP) is 1.20. The van der Waals surface area contributed by atoms with Crippen LogP contribution in [0.25, 0.3) is 0 Å². The molecule has 2 atom stereocenters. The van der Waals surface area contributed by atoms with Gasteiger partial charge in [-0.05, 0) is 18.8 Å². The molecule has 12 heavy (non-hydrogen) atoms. The van der Waals surface area contributed by atoms with Crippen LogP contribution in [0, 0.1) is 11.8 Å². The minimum atomic E-state index is 0.222. The van der Waals surface area contributed by atoms with E-state index in [1.54, 1.807) is 5.06 Å². The number of nitrogens with zero attached hydrogens (tertiary/aromatic N) is 1. The Bertz CT molecular complexity index is 187. The zero-order valence-corrected chi connectivity index (χ0v) is 7.45. The number of carbonyl (C=O) groups excluding carboxylic acids is 1. The third-order valence-corrected chi connectivity index (χ3v) is 2.76. The van der Waals surface area contributed by atoms with Crippen molar-refractivity contribution in [1.29, 1.82) is 0 Å². The minimum Gasteiger partial charge on any atom is -0.272 e. The Labute approximate surface area is 72.6 Å². The second kappa shape index (κ2) is 3.05. The summed E-state index contributed by atoms with van der Waals surface area (Å²) in [6.45, 7) is 3.66. The lowest BCUT2D eigenvalue weighted by atomic mass is 10.2. The lowest BCUT2D eigenvalue weighted by Crippen LogP contribution is -2.28. The average Bonchev–Trinajstić information content (AvgIpc) is 2.68. The van der Waals surface area contributed by atoms with E-state index in [9.17, 15) is 4.79 Å². The summed E-state index contributed by atoms with van der Waals surface area (Å²) < 4.78 is 0. The molecule has 0 spiro atoms. The van der Waals surface area contributed by atoms with Crippen molar-refractivity contribution in [3.8, 4) is 0 Å². The van der Waals surface area contributed by atoms with Crippen molar-refractivity contribution in [2.24, 2.45) is 11.8 Å². The van der Waals surface area contributed by atoms with Gasteiger partial charge >= 0.3 is 0 Å². The van der Waals surface area contributed by atoms with Crippen LogP contribution in [0.4, 0.5) is 0 Å². The molecule has 1 saturated heterocycles. The zero-order chi connectivity index (χ0) is 8.55. The summed E-state index contributed by atoms with van der Waals surface area (Å²) in [5.41, 5.74) is 0. The molecule has 0 radical (unpaired) electrons. The van der Waals surface area contributed by atoms with Crippen LogP contribution < -0.4 is 0 Å². The smallest absolute Gasteiger partial charge is 0.249 e. The van der Waals surface area contributed by atoms with Gasteiger partial charge in [0.05, 0.1) is 13.2 Å². The fourth-order valence-corrected chi connectivity index (χ4v) is 1.81. The first-order valence-electron chi connectivity index (χ1n) is 4.77. The van der Waals surface area contributed by atoms with Gasteiger partial charge in [-0.3, -0.25) is 9.63 Å². The highest BCUT2D eigenvalue weighted by atomic mass is 16.7. The van der Waals surface area contributed by atoms with Crippen LogP contribution >= 0.6 is 0 Å². The van der Waals surface area contributed by atoms with Gasteiger partial charge < -0.3 is 0 Å². The van der Waals surface area contributed by atoms with Crippen LogP contribution in [0.2, 0.25) is 0 Å². The van der Waals surface area contributed by atoms with Gasteiger partial charge in [-0.2, -0.15) is 0 Å². The minimum absolute atomic E-state index is 0.222. The van der Waals surface area contributed by atoms with Crippen LogP contribution in [0.3, 0.4) is 0 Å². The van der Waals surface area contributed by atoms with Crippen LogP contribution in [0.15, 0.2) is 0 Å². The highest BCUT2D eigenvalue weighted by Crippen LogP contribution is 2.42. The summed E-state index contributed by atoms with van der Waals surface area (Å²) in [4.78, 5) is 16.8. The SMILES string of the molecule is CC[C@@H]1C[C@H]1C(=O)N1CCCO1. The van der Waals surface area contributed by atoms with Crippen molar-refractivity contribution in [3.63, 3.8) is 0 Å². The highest BCUT2D eigenvalue weighted by Gasteiger charge is 2.44. The Morgan fingerprint density at radius 1 is 1.67 bits per heavy atom. The molecule has 68 valence electrons. The Balaban J connectivity index is 1.84. The van der Waals surface area contributed by atoms with Crippen LogP contribution in [-0.4, -0.2) is 24.1 Å². The van der Waals surface area contributed by atoms with Crippen molar-refractivity contribution in [2.45, 2.75) is 26.2 Å². The molecule has 0 aromatic rings. The molecule has 0 unspecified atom stereocenters. The number of hydroxylamine groups is 2. The number of hydrogen-bond acceptors (Lipinski definition) is 2. The number of rotatable bonds is 2. The largest absolute Gasteiger partial charge is 0.272 e. The fourth-order valence-electron chi connectivity index (χ4n) is 1.81. The molecule has 0 aromatic heterocycles. The van der Waals surface area contributed by atoms with Crippen molar-refractivity contribution in [1.82, 2.24) is 5.06 Å². The monoisotopic (exact) mass is 169 g/mol. The molecular weight excluding hydrogens is 154 g/mol. The second-order valence-corrected chi connectivity index (χ2v) is 3.64. The lowest BCUT2D eigenvalue weighted by Gasteiger charge is -2.13. The van der Waals surface area contributed by atoms with E-state index >= 15 is 0 Å². The van der Waals surface area contributed by atoms with Gasteiger partial charge in [0.15, 0.2) is 0 Å². The molecule has 1 aliphatic carbocycles. The van der Waals surface area contributed by atoms with E-state index in [1.165, 1.54) is 0 Å². The molecule has 0 bridgehead atoms. The second-order valence-electron chi connectivity index (χ2n) is 3.64. The first-order valence-corrected chi connectivity index (χ1v) is 4.77. The fraction of sp³-hybridized carbons (Fsp3) is 0.889. The van der Waals surface area contributed by atoms with Crippen molar-refractivity contribution in [2.75, 3.05) is 13.2 Å². The van der Waals surface area contributed by atoms with Gasteiger partial charge in [-0.25, -0.2) is 5.06 Å². The molecule has 0 N–H and O–H groups in total. The van der Waals surface area contributed by atoms with Gasteiger partial charge in [0, 0.05) is 5.92 Å². The quantitative estimate of drug-likeness (QED) is 0.621. The molecule has 2 rings (SSSR count). The van der Waals surface area contributed by atoms with E-state index < -0.39 is 0 Å². The summed E-state index contributed by atoms with van der Waals surface area (Å²) in [5, 5.41) is 1.56. The van der Waals surface area contributed by atoms with Crippen LogP contribution in [0.5, 0.6) is 0 Å². The molecule has 2 aliphatic rings. The number of carbonyl (C=O) groups is 1. The zero-order valence-electron chi connectivity index (χ0n) is 7.45. The molecule has 3 heteroatoms. The van der Waals surface area contributed by atoms with Gasteiger partial charge in [0.1, 0.15) is 0 Å². The van der Waals surface area contributed by atoms with Gasteiger partial charge in [0.25, 0.3) is 0 Å². The van der Waals surface area contributed by atoms with E-state index in [1.807, 2.05) is 0 Å². The Kier molecular flexibility index (Phi) is 2.05. The molecule has 2 fully saturated rings. The van der Waals surface area contributed by atoms with Gasteiger partial charge in [-0.1, -0.05) is 13.3 Å². The maximum atomic E-state index is 11.6. The number of amides is 1. The van der Waals surface area contributed by atoms with E-state index in [4.69, 9.17) is 4.84 Å². The van der Waals surface area contributed by atoms with Gasteiger partial charge in [-0.15, -0.1) is 0 Å². The summed E-state index contributed by atoms with van der Waals surface area (Å²) in [6.07, 6.45) is 3.20. The Hall–Kier alpha value is -0.570. The standard InChI is InChI=1S/C9H15NO2/c1-2-7-6-8(7)9(11)10-4-3-5-12-10/h7-8H,2-6H2,1H3/t7-,8-/m1/s1. The summed E-state index contributed by atoms with van der Waals surface area (Å²) in [5.74, 6) is 1.15. The van der Waals surface area contributed by atoms with E-state index in [0.717, 1.165) is 32.4 Å². The third kappa shape index (κ3) is 1.33. The Morgan fingerprint density at radius 2 is 2.50 bits per heavy atom. The molecule has 3 nitrogen and oxygen atoms in total. The van der Waals surface area contributed by atoms with E-state index in [2.05, 4.69) is 6.92 Å². The van der Waals surface area contributed by atoms with Crippen LogP contribution in [-0.2, 0) is 9.63 Å². The van der Waals surface area contributed by atoms with Crippen molar-refractivity contribution >= 4 is 5.91 Å². The van der Waals surface area contributed by atoms with Crippen molar-refractivity contribution < 1.29 is 9.63 Å². The lowest BCUT2D eigenvalue weighted by molar-refractivity contribution is -0.170. The summed E-state index contributed by atoms with van der Waals surface area (Å²) in [7, 11) is 0. The maximum absolute atomic E-state index is 11.6. The van der Waals surface area contributed by atoms with Crippen molar-refractivity contribution in [3.05, 3.63) is 0 Å². The Morgan fingerprint density at radius 3 is 3.00 bits per heavy atom. The summed E-state index contributed by atoms with van der Waals surface area (Å²) >= 11 is 0. The molecule has 1 heterocycles. The first-order chi connectivity index (χ1) is 5.83. The molecule has 1 amide bonds. The van der Waals surface area contributed by atoms with E-state index in [-0.39, 0.29) is 11.8 Å². The normalized spacial score (nSPS) is 33.9. The first kappa shape index (κ1) is 8.05. The maximum Gasteiger partial charge on any atom is 0.249 e. The topological polar surface area (TPSA) is 29.5 Å². The van der Waals surface area contributed by atoms with Gasteiger partial charge in [0.2, 0.25) is 5.91 Å². The number of hydrogen-bond donors (Lipinski definition) is 0. The molecule has 1 aliphatic heterocycles.